The largest absolute Gasteiger partial charge is 0.496 e. The van der Waals surface area contributed by atoms with Crippen LogP contribution < -0.4 is 24.3 Å². The second-order valence-electron chi connectivity index (χ2n) is 5.65. The Kier molecular flexibility index (Phi) is 4.70. The number of hydrogen-bond donors (Lipinski definition) is 1. The highest BCUT2D eigenvalue weighted by atomic mass is 16.5. The van der Waals surface area contributed by atoms with Gasteiger partial charge in [0.05, 0.1) is 34.1 Å². The van der Waals surface area contributed by atoms with Crippen LogP contribution in [0.4, 0.5) is 5.69 Å². The normalized spacial score (nSPS) is 15.8. The molecule has 2 aromatic rings. The van der Waals surface area contributed by atoms with Gasteiger partial charge in [-0.2, -0.15) is 0 Å². The number of methoxy groups -OCH3 is 4. The van der Waals surface area contributed by atoms with Crippen molar-refractivity contribution in [3.05, 3.63) is 41.5 Å². The molecule has 0 bridgehead atoms. The zero-order valence-electron chi connectivity index (χ0n) is 14.7. The summed E-state index contributed by atoms with van der Waals surface area (Å²) < 4.78 is 22.0. The maximum atomic E-state index is 12.3. The summed E-state index contributed by atoms with van der Waals surface area (Å²) in [5.74, 6) is 1.99. The molecule has 0 saturated heterocycles. The van der Waals surface area contributed by atoms with E-state index >= 15 is 0 Å². The molecule has 0 radical (unpaired) electrons. The topological polar surface area (TPSA) is 66.0 Å². The Hall–Kier alpha value is -2.89. The minimum absolute atomic E-state index is 0.0716. The predicted octanol–water partition coefficient (Wildman–Crippen LogP) is 3.20. The number of anilines is 1. The van der Waals surface area contributed by atoms with Crippen LogP contribution in [0.5, 0.6) is 23.0 Å². The number of amides is 1. The molecular formula is C19H21NO5. The first-order valence-electron chi connectivity index (χ1n) is 7.90. The number of fused-ring (bicyclic) bond motifs is 1. The average molecular weight is 343 g/mol. The van der Waals surface area contributed by atoms with Gasteiger partial charge in [-0.05, 0) is 6.07 Å². The average Bonchev–Trinajstić information content (AvgIpc) is 2.65. The minimum atomic E-state index is -0.213. The molecule has 0 fully saturated rings. The molecule has 25 heavy (non-hydrogen) atoms. The van der Waals surface area contributed by atoms with E-state index in [4.69, 9.17) is 18.9 Å². The van der Waals surface area contributed by atoms with Crippen LogP contribution in [0.25, 0.3) is 0 Å². The highest BCUT2D eigenvalue weighted by molar-refractivity contribution is 5.97. The Morgan fingerprint density at radius 3 is 2.24 bits per heavy atom. The Labute approximate surface area is 146 Å². The number of rotatable bonds is 5. The van der Waals surface area contributed by atoms with Crippen molar-refractivity contribution < 1.29 is 23.7 Å². The molecule has 1 aliphatic heterocycles. The van der Waals surface area contributed by atoms with Gasteiger partial charge in [-0.25, -0.2) is 0 Å². The van der Waals surface area contributed by atoms with Crippen LogP contribution in [-0.4, -0.2) is 34.3 Å². The van der Waals surface area contributed by atoms with Gasteiger partial charge in [0.2, 0.25) is 11.7 Å². The lowest BCUT2D eigenvalue weighted by Gasteiger charge is -2.30. The van der Waals surface area contributed by atoms with Crippen LogP contribution in [0, 0.1) is 0 Å². The summed E-state index contributed by atoms with van der Waals surface area (Å²) in [6, 6.07) is 9.43. The van der Waals surface area contributed by atoms with Crippen molar-refractivity contribution in [2.24, 2.45) is 0 Å². The third-order valence-electron chi connectivity index (χ3n) is 4.39. The van der Waals surface area contributed by atoms with Gasteiger partial charge in [-0.3, -0.25) is 4.79 Å². The first-order valence-corrected chi connectivity index (χ1v) is 7.90. The molecule has 1 aliphatic rings. The molecule has 3 rings (SSSR count). The van der Waals surface area contributed by atoms with Gasteiger partial charge in [-0.1, -0.05) is 18.2 Å². The monoisotopic (exact) mass is 343 g/mol. The fourth-order valence-corrected chi connectivity index (χ4v) is 3.34. The van der Waals surface area contributed by atoms with Crippen molar-refractivity contribution in [1.82, 2.24) is 0 Å². The van der Waals surface area contributed by atoms with E-state index in [0.717, 1.165) is 16.9 Å². The summed E-state index contributed by atoms with van der Waals surface area (Å²) in [5, 5.41) is 2.90. The first-order chi connectivity index (χ1) is 12.1. The highest BCUT2D eigenvalue weighted by Crippen LogP contribution is 2.52. The third-order valence-corrected chi connectivity index (χ3v) is 4.39. The van der Waals surface area contributed by atoms with Crippen LogP contribution in [0.1, 0.15) is 23.5 Å². The maximum absolute atomic E-state index is 12.3. The molecule has 0 spiro atoms. The fourth-order valence-electron chi connectivity index (χ4n) is 3.34. The van der Waals surface area contributed by atoms with Crippen LogP contribution in [0.3, 0.4) is 0 Å². The Morgan fingerprint density at radius 1 is 0.920 bits per heavy atom. The minimum Gasteiger partial charge on any atom is -0.496 e. The summed E-state index contributed by atoms with van der Waals surface area (Å²) in [6.45, 7) is 0. The van der Waals surface area contributed by atoms with Gasteiger partial charge in [0, 0.05) is 29.5 Å². The zero-order valence-corrected chi connectivity index (χ0v) is 14.7. The van der Waals surface area contributed by atoms with E-state index in [2.05, 4.69) is 5.32 Å². The summed E-state index contributed by atoms with van der Waals surface area (Å²) in [6.07, 6.45) is 0.291. The number of ether oxygens (including phenoxy) is 4. The van der Waals surface area contributed by atoms with E-state index in [1.54, 1.807) is 34.5 Å². The van der Waals surface area contributed by atoms with Crippen molar-refractivity contribution in [2.45, 2.75) is 12.3 Å². The number of nitrogens with one attached hydrogen (secondary N) is 1. The summed E-state index contributed by atoms with van der Waals surface area (Å²) in [4.78, 5) is 12.3. The molecule has 1 N–H and O–H groups in total. The quantitative estimate of drug-likeness (QED) is 0.903. The number of carbonyl (C=O) groups is 1. The SMILES string of the molecule is COc1ccccc1[C@H]1CC(=O)Nc2cc(OC)c(OC)c(OC)c21. The van der Waals surface area contributed by atoms with Gasteiger partial charge in [-0.15, -0.1) is 0 Å². The van der Waals surface area contributed by atoms with Crippen LogP contribution in [0.2, 0.25) is 0 Å². The highest BCUT2D eigenvalue weighted by Gasteiger charge is 2.34. The van der Waals surface area contributed by atoms with Crippen LogP contribution in [0.15, 0.2) is 30.3 Å². The number of hydrogen-bond acceptors (Lipinski definition) is 5. The first kappa shape index (κ1) is 17.0. The van der Waals surface area contributed by atoms with Crippen molar-refractivity contribution in [2.75, 3.05) is 33.8 Å². The Bertz CT molecular complexity index is 803. The van der Waals surface area contributed by atoms with E-state index < -0.39 is 0 Å². The number of para-hydroxylation sites is 1. The zero-order chi connectivity index (χ0) is 18.0. The lowest BCUT2D eigenvalue weighted by Crippen LogP contribution is -2.24. The second kappa shape index (κ2) is 6.93. The predicted molar refractivity (Wildman–Crippen MR) is 94.2 cm³/mol. The Morgan fingerprint density at radius 2 is 1.60 bits per heavy atom. The lowest BCUT2D eigenvalue weighted by atomic mass is 9.83. The number of carbonyl (C=O) groups excluding carboxylic acids is 1. The summed E-state index contributed by atoms with van der Waals surface area (Å²) >= 11 is 0. The van der Waals surface area contributed by atoms with E-state index in [1.165, 1.54) is 0 Å². The second-order valence-corrected chi connectivity index (χ2v) is 5.65. The molecule has 132 valence electrons. The summed E-state index contributed by atoms with van der Waals surface area (Å²) in [7, 11) is 6.31. The van der Waals surface area contributed by atoms with Crippen molar-refractivity contribution >= 4 is 11.6 Å². The van der Waals surface area contributed by atoms with Crippen molar-refractivity contribution in [3.63, 3.8) is 0 Å². The molecule has 6 nitrogen and oxygen atoms in total. The third kappa shape index (κ3) is 2.84. The Balaban J connectivity index is 2.28. The van der Waals surface area contributed by atoms with Gasteiger partial charge in [0.1, 0.15) is 5.75 Å². The molecule has 1 heterocycles. The molecule has 6 heteroatoms. The molecular weight excluding hydrogens is 322 g/mol. The molecule has 1 amide bonds. The molecule has 2 aromatic carbocycles. The van der Waals surface area contributed by atoms with Crippen LogP contribution >= 0.6 is 0 Å². The van der Waals surface area contributed by atoms with E-state index in [9.17, 15) is 4.79 Å². The van der Waals surface area contributed by atoms with Crippen molar-refractivity contribution in [1.29, 1.82) is 0 Å². The molecule has 0 unspecified atom stereocenters. The van der Waals surface area contributed by atoms with Crippen LogP contribution in [-0.2, 0) is 4.79 Å². The van der Waals surface area contributed by atoms with Gasteiger partial charge < -0.3 is 24.3 Å². The molecule has 0 saturated carbocycles. The maximum Gasteiger partial charge on any atom is 0.225 e. The lowest BCUT2D eigenvalue weighted by molar-refractivity contribution is -0.116. The fraction of sp³-hybridized carbons (Fsp3) is 0.316. The standard InChI is InChI=1S/C19H21NO5/c1-22-14-8-6-5-7-11(14)12-9-16(21)20-13-10-15(23-2)18(24-3)19(25-4)17(12)13/h5-8,10,12H,9H2,1-4H3,(H,20,21)/t12-/m1/s1. The van der Waals surface area contributed by atoms with Gasteiger partial charge in [0.25, 0.3) is 0 Å². The van der Waals surface area contributed by atoms with Crippen molar-refractivity contribution in [3.8, 4) is 23.0 Å². The summed E-state index contributed by atoms with van der Waals surface area (Å²) in [5.41, 5.74) is 2.43. The molecule has 0 aromatic heterocycles. The van der Waals surface area contributed by atoms with E-state index in [0.29, 0.717) is 29.4 Å². The smallest absolute Gasteiger partial charge is 0.225 e. The number of benzene rings is 2. The molecule has 1 atom stereocenters. The van der Waals surface area contributed by atoms with E-state index in [1.807, 2.05) is 24.3 Å². The van der Waals surface area contributed by atoms with E-state index in [-0.39, 0.29) is 11.8 Å². The van der Waals surface area contributed by atoms with Gasteiger partial charge >= 0.3 is 0 Å². The van der Waals surface area contributed by atoms with Gasteiger partial charge in [0.15, 0.2) is 11.5 Å². The molecule has 0 aliphatic carbocycles.